The molecule has 0 aromatic heterocycles. The van der Waals surface area contributed by atoms with E-state index < -0.39 is 0 Å². The second-order valence-corrected chi connectivity index (χ2v) is 6.35. The Morgan fingerprint density at radius 3 is 2.26 bits per heavy atom. The molecule has 2 N–H and O–H groups in total. The maximum absolute atomic E-state index is 5.81. The zero-order valence-electron chi connectivity index (χ0n) is 11.9. The molecule has 3 heteroatoms. The van der Waals surface area contributed by atoms with Gasteiger partial charge in [-0.3, -0.25) is 4.90 Å². The molecule has 104 valence electrons. The van der Waals surface area contributed by atoms with E-state index in [1.54, 1.807) is 0 Å². The fourth-order valence-electron chi connectivity index (χ4n) is 3.37. The molecule has 0 bridgehead atoms. The molecule has 1 aromatic rings. The molecular weight excluding hydrogens is 236 g/mol. The van der Waals surface area contributed by atoms with Gasteiger partial charge in [-0.2, -0.15) is 0 Å². The summed E-state index contributed by atoms with van der Waals surface area (Å²) in [6, 6.07) is 8.46. The molecule has 1 saturated heterocycles. The van der Waals surface area contributed by atoms with Crippen LogP contribution in [0.25, 0.3) is 0 Å². The van der Waals surface area contributed by atoms with Gasteiger partial charge in [-0.15, -0.1) is 0 Å². The van der Waals surface area contributed by atoms with Crippen molar-refractivity contribution in [3.63, 3.8) is 0 Å². The summed E-state index contributed by atoms with van der Waals surface area (Å²) >= 11 is 0. The Hall–Kier alpha value is -1.06. The molecule has 2 atom stereocenters. The monoisotopic (exact) mass is 260 g/mol. The van der Waals surface area contributed by atoms with Crippen molar-refractivity contribution in [1.29, 1.82) is 0 Å². The van der Waals surface area contributed by atoms with Crippen LogP contribution in [0.2, 0.25) is 0 Å². The molecule has 0 unspecified atom stereocenters. The standard InChI is InChI=1S/C16H24N2O/c1-12-9-18(10-13(2)19-12)11-16(7-8-16)14-3-5-15(17)6-4-14/h3-6,12-13H,7-11,17H2,1-2H3/t12-,13+. The highest BCUT2D eigenvalue weighted by atomic mass is 16.5. The number of hydrogen-bond donors (Lipinski definition) is 1. The predicted octanol–water partition coefficient (Wildman–Crippen LogP) is 2.41. The van der Waals surface area contributed by atoms with Crippen molar-refractivity contribution in [3.8, 4) is 0 Å². The van der Waals surface area contributed by atoms with E-state index in [4.69, 9.17) is 10.5 Å². The third-order valence-electron chi connectivity index (χ3n) is 4.40. The van der Waals surface area contributed by atoms with Gasteiger partial charge >= 0.3 is 0 Å². The van der Waals surface area contributed by atoms with Crippen molar-refractivity contribution in [1.82, 2.24) is 4.90 Å². The summed E-state index contributed by atoms with van der Waals surface area (Å²) in [6.07, 6.45) is 3.31. The fraction of sp³-hybridized carbons (Fsp3) is 0.625. The Labute approximate surface area is 115 Å². The first-order chi connectivity index (χ1) is 9.07. The van der Waals surface area contributed by atoms with E-state index in [1.165, 1.54) is 18.4 Å². The summed E-state index contributed by atoms with van der Waals surface area (Å²) in [5, 5.41) is 0. The highest BCUT2D eigenvalue weighted by Gasteiger charge is 2.46. The fourth-order valence-corrected chi connectivity index (χ4v) is 3.37. The van der Waals surface area contributed by atoms with Gasteiger partial charge in [0.25, 0.3) is 0 Å². The number of anilines is 1. The van der Waals surface area contributed by atoms with Crippen LogP contribution in [0, 0.1) is 0 Å². The van der Waals surface area contributed by atoms with E-state index in [2.05, 4.69) is 30.9 Å². The lowest BCUT2D eigenvalue weighted by atomic mass is 9.94. The summed E-state index contributed by atoms with van der Waals surface area (Å²) < 4.78 is 5.81. The molecule has 0 amide bonds. The molecule has 2 fully saturated rings. The lowest BCUT2D eigenvalue weighted by Gasteiger charge is -2.37. The van der Waals surface area contributed by atoms with Crippen LogP contribution in [-0.4, -0.2) is 36.7 Å². The number of ether oxygens (including phenoxy) is 1. The van der Waals surface area contributed by atoms with Gasteiger partial charge in [-0.1, -0.05) is 12.1 Å². The number of morpholine rings is 1. The summed E-state index contributed by atoms with van der Waals surface area (Å²) in [5.74, 6) is 0. The first-order valence-electron chi connectivity index (χ1n) is 7.31. The molecule has 0 spiro atoms. The maximum Gasteiger partial charge on any atom is 0.0678 e. The molecule has 3 rings (SSSR count). The zero-order chi connectivity index (χ0) is 13.5. The molecule has 2 aliphatic rings. The van der Waals surface area contributed by atoms with Crippen LogP contribution in [-0.2, 0) is 10.2 Å². The topological polar surface area (TPSA) is 38.5 Å². The molecule has 1 heterocycles. The van der Waals surface area contributed by atoms with Crippen molar-refractivity contribution >= 4 is 5.69 Å². The first-order valence-corrected chi connectivity index (χ1v) is 7.31. The zero-order valence-corrected chi connectivity index (χ0v) is 11.9. The van der Waals surface area contributed by atoms with Gasteiger partial charge in [0.2, 0.25) is 0 Å². The largest absolute Gasteiger partial charge is 0.399 e. The number of nitrogens with two attached hydrogens (primary N) is 1. The molecule has 1 aliphatic heterocycles. The molecule has 1 aromatic carbocycles. The third kappa shape index (κ3) is 2.77. The van der Waals surface area contributed by atoms with Gasteiger partial charge in [-0.05, 0) is 44.4 Å². The van der Waals surface area contributed by atoms with Crippen LogP contribution < -0.4 is 5.73 Å². The van der Waals surface area contributed by atoms with Gasteiger partial charge in [0.05, 0.1) is 12.2 Å². The molecule has 19 heavy (non-hydrogen) atoms. The lowest BCUT2D eigenvalue weighted by molar-refractivity contribution is -0.0700. The highest BCUT2D eigenvalue weighted by molar-refractivity contribution is 5.43. The summed E-state index contributed by atoms with van der Waals surface area (Å²) in [6.45, 7) is 7.62. The Morgan fingerprint density at radius 1 is 1.16 bits per heavy atom. The first kappa shape index (κ1) is 12.9. The molecular formula is C16H24N2O. The minimum Gasteiger partial charge on any atom is -0.399 e. The summed E-state index contributed by atoms with van der Waals surface area (Å²) in [5.41, 5.74) is 8.47. The van der Waals surface area contributed by atoms with E-state index >= 15 is 0 Å². The predicted molar refractivity (Wildman–Crippen MR) is 78.2 cm³/mol. The Morgan fingerprint density at radius 2 is 1.74 bits per heavy atom. The molecule has 0 radical (unpaired) electrons. The Balaban J connectivity index is 1.70. The third-order valence-corrected chi connectivity index (χ3v) is 4.40. The van der Waals surface area contributed by atoms with E-state index in [9.17, 15) is 0 Å². The van der Waals surface area contributed by atoms with Crippen LogP contribution in [0.4, 0.5) is 5.69 Å². The minimum atomic E-state index is 0.353. The number of hydrogen-bond acceptors (Lipinski definition) is 3. The van der Waals surface area contributed by atoms with Gasteiger partial charge in [-0.25, -0.2) is 0 Å². The average molecular weight is 260 g/mol. The lowest BCUT2D eigenvalue weighted by Crippen LogP contribution is -2.48. The average Bonchev–Trinajstić information content (AvgIpc) is 3.09. The second-order valence-electron chi connectivity index (χ2n) is 6.35. The number of benzene rings is 1. The van der Waals surface area contributed by atoms with E-state index in [1.807, 2.05) is 12.1 Å². The smallest absolute Gasteiger partial charge is 0.0678 e. The Bertz CT molecular complexity index is 429. The number of nitrogens with zero attached hydrogens (tertiary/aromatic N) is 1. The van der Waals surface area contributed by atoms with Crippen LogP contribution in [0.5, 0.6) is 0 Å². The van der Waals surface area contributed by atoms with Crippen molar-refractivity contribution in [2.24, 2.45) is 0 Å². The van der Waals surface area contributed by atoms with Crippen molar-refractivity contribution < 1.29 is 4.74 Å². The van der Waals surface area contributed by atoms with Gasteiger partial charge in [0.15, 0.2) is 0 Å². The summed E-state index contributed by atoms with van der Waals surface area (Å²) in [7, 11) is 0. The van der Waals surface area contributed by atoms with Gasteiger partial charge in [0.1, 0.15) is 0 Å². The molecule has 1 aliphatic carbocycles. The van der Waals surface area contributed by atoms with Crippen LogP contribution in [0.3, 0.4) is 0 Å². The summed E-state index contributed by atoms with van der Waals surface area (Å²) in [4.78, 5) is 2.57. The highest BCUT2D eigenvalue weighted by Crippen LogP contribution is 2.49. The van der Waals surface area contributed by atoms with Crippen LogP contribution >= 0.6 is 0 Å². The number of rotatable bonds is 3. The minimum absolute atomic E-state index is 0.353. The van der Waals surface area contributed by atoms with E-state index in [0.717, 1.165) is 25.3 Å². The number of nitrogen functional groups attached to an aromatic ring is 1. The van der Waals surface area contributed by atoms with Gasteiger partial charge in [0, 0.05) is 30.7 Å². The SMILES string of the molecule is C[C@@H]1CN(CC2(c3ccc(N)cc3)CC2)C[C@H](C)O1. The van der Waals surface area contributed by atoms with Crippen molar-refractivity contribution in [3.05, 3.63) is 29.8 Å². The van der Waals surface area contributed by atoms with Gasteiger partial charge < -0.3 is 10.5 Å². The van der Waals surface area contributed by atoms with Crippen LogP contribution in [0.15, 0.2) is 24.3 Å². The Kier molecular flexibility index (Phi) is 3.27. The quantitative estimate of drug-likeness (QED) is 0.848. The van der Waals surface area contributed by atoms with Crippen molar-refractivity contribution in [2.45, 2.75) is 44.3 Å². The normalized spacial score (nSPS) is 30.2. The van der Waals surface area contributed by atoms with Crippen LogP contribution in [0.1, 0.15) is 32.3 Å². The molecule has 1 saturated carbocycles. The van der Waals surface area contributed by atoms with E-state index in [0.29, 0.717) is 17.6 Å². The maximum atomic E-state index is 5.81. The van der Waals surface area contributed by atoms with Crippen molar-refractivity contribution in [2.75, 3.05) is 25.4 Å². The second kappa shape index (κ2) is 4.80. The van der Waals surface area contributed by atoms with E-state index in [-0.39, 0.29) is 0 Å². The molecule has 3 nitrogen and oxygen atoms in total.